The van der Waals surface area contributed by atoms with Crippen LogP contribution in [-0.4, -0.2) is 19.1 Å². The van der Waals surface area contributed by atoms with Gasteiger partial charge >= 0.3 is 0 Å². The first-order chi connectivity index (χ1) is 6.16. The molecule has 0 saturated carbocycles. The lowest BCUT2D eigenvalue weighted by Gasteiger charge is -2.03. The third-order valence-electron chi connectivity index (χ3n) is 1.92. The van der Waals surface area contributed by atoms with E-state index in [0.717, 1.165) is 11.1 Å². The van der Waals surface area contributed by atoms with Crippen LogP contribution in [0.25, 0.3) is 11.1 Å². The number of fused-ring (bicyclic) bond motifs is 1. The van der Waals surface area contributed by atoms with Crippen LogP contribution in [-0.2, 0) is 0 Å². The van der Waals surface area contributed by atoms with Gasteiger partial charge in [0.15, 0.2) is 5.58 Å². The molecule has 0 atom stereocenters. The molecule has 0 saturated heterocycles. The number of hydrogen-bond acceptors (Lipinski definition) is 3. The minimum atomic E-state index is 0.653. The maximum absolute atomic E-state index is 5.53. The van der Waals surface area contributed by atoms with Gasteiger partial charge in [-0.25, -0.2) is 0 Å². The Morgan fingerprint density at radius 1 is 1.31 bits per heavy atom. The predicted octanol–water partition coefficient (Wildman–Crippen LogP) is 2.20. The van der Waals surface area contributed by atoms with Crippen molar-refractivity contribution >= 4 is 17.1 Å². The van der Waals surface area contributed by atoms with Crippen molar-refractivity contribution in [2.24, 2.45) is 0 Å². The van der Waals surface area contributed by atoms with Gasteiger partial charge in [0.2, 0.25) is 0 Å². The zero-order valence-electron chi connectivity index (χ0n) is 8.03. The van der Waals surface area contributed by atoms with Crippen LogP contribution in [0.15, 0.2) is 22.6 Å². The Kier molecular flexibility index (Phi) is 1.72. The molecule has 3 heteroatoms. The number of aryl methyl sites for hydroxylation is 1. The molecule has 13 heavy (non-hydrogen) atoms. The summed E-state index contributed by atoms with van der Waals surface area (Å²) in [5.41, 5.74) is 2.95. The molecular formula is C10H12N2O. The SMILES string of the molecule is Cc1ccc2nc(N(C)C)oc2c1. The summed E-state index contributed by atoms with van der Waals surface area (Å²) in [6.45, 7) is 2.04. The fourth-order valence-corrected chi connectivity index (χ4v) is 1.21. The van der Waals surface area contributed by atoms with Gasteiger partial charge in [0.05, 0.1) is 0 Å². The molecule has 0 amide bonds. The average molecular weight is 176 g/mol. The summed E-state index contributed by atoms with van der Waals surface area (Å²) >= 11 is 0. The van der Waals surface area contributed by atoms with Crippen LogP contribution in [0, 0.1) is 6.92 Å². The van der Waals surface area contributed by atoms with Gasteiger partial charge in [-0.2, -0.15) is 4.98 Å². The molecule has 1 aromatic heterocycles. The summed E-state index contributed by atoms with van der Waals surface area (Å²) in [5.74, 6) is 0. The number of oxazole rings is 1. The van der Waals surface area contributed by atoms with Crippen LogP contribution >= 0.6 is 0 Å². The first kappa shape index (κ1) is 8.10. The van der Waals surface area contributed by atoms with Gasteiger partial charge in [-0.15, -0.1) is 0 Å². The van der Waals surface area contributed by atoms with Gasteiger partial charge in [0.25, 0.3) is 6.01 Å². The van der Waals surface area contributed by atoms with Crippen molar-refractivity contribution in [1.82, 2.24) is 4.98 Å². The zero-order valence-corrected chi connectivity index (χ0v) is 8.03. The Labute approximate surface area is 77.0 Å². The van der Waals surface area contributed by atoms with E-state index in [0.29, 0.717) is 6.01 Å². The van der Waals surface area contributed by atoms with Gasteiger partial charge < -0.3 is 9.32 Å². The van der Waals surface area contributed by atoms with Crippen molar-refractivity contribution in [2.75, 3.05) is 19.0 Å². The van der Waals surface area contributed by atoms with Crippen LogP contribution in [0.4, 0.5) is 6.01 Å². The number of aromatic nitrogens is 1. The van der Waals surface area contributed by atoms with Gasteiger partial charge in [-0.05, 0) is 24.6 Å². The summed E-state index contributed by atoms with van der Waals surface area (Å²) in [7, 11) is 3.83. The molecule has 0 aliphatic rings. The predicted molar refractivity (Wildman–Crippen MR) is 53.1 cm³/mol. The van der Waals surface area contributed by atoms with Crippen LogP contribution < -0.4 is 4.90 Å². The molecule has 1 aromatic carbocycles. The minimum absolute atomic E-state index is 0.653. The largest absolute Gasteiger partial charge is 0.423 e. The van der Waals surface area contributed by atoms with E-state index in [1.165, 1.54) is 5.56 Å². The van der Waals surface area contributed by atoms with Crippen molar-refractivity contribution in [3.63, 3.8) is 0 Å². The quantitative estimate of drug-likeness (QED) is 0.667. The summed E-state index contributed by atoms with van der Waals surface area (Å²) < 4.78 is 5.53. The molecule has 2 aromatic rings. The lowest BCUT2D eigenvalue weighted by Crippen LogP contribution is -2.08. The summed E-state index contributed by atoms with van der Waals surface area (Å²) in [5, 5.41) is 0. The highest BCUT2D eigenvalue weighted by Crippen LogP contribution is 2.20. The molecule has 0 fully saturated rings. The Balaban J connectivity index is 2.62. The Hall–Kier alpha value is -1.51. The second-order valence-corrected chi connectivity index (χ2v) is 3.36. The third-order valence-corrected chi connectivity index (χ3v) is 1.92. The molecule has 0 radical (unpaired) electrons. The Bertz CT molecular complexity index is 431. The van der Waals surface area contributed by atoms with Crippen molar-refractivity contribution in [2.45, 2.75) is 6.92 Å². The van der Waals surface area contributed by atoms with Crippen molar-refractivity contribution in [1.29, 1.82) is 0 Å². The highest BCUT2D eigenvalue weighted by Gasteiger charge is 2.06. The monoisotopic (exact) mass is 176 g/mol. The standard InChI is InChI=1S/C10H12N2O/c1-7-4-5-8-9(6-7)13-10(11-8)12(2)3/h4-6H,1-3H3. The molecule has 0 aliphatic heterocycles. The van der Waals surface area contributed by atoms with Crippen LogP contribution in [0.2, 0.25) is 0 Å². The lowest BCUT2D eigenvalue weighted by molar-refractivity contribution is 0.596. The maximum atomic E-state index is 5.53. The third kappa shape index (κ3) is 1.37. The molecular weight excluding hydrogens is 164 g/mol. The van der Waals surface area contributed by atoms with Crippen LogP contribution in [0.3, 0.4) is 0 Å². The second-order valence-electron chi connectivity index (χ2n) is 3.36. The topological polar surface area (TPSA) is 29.3 Å². The van der Waals surface area contributed by atoms with Gasteiger partial charge in [0.1, 0.15) is 5.52 Å². The van der Waals surface area contributed by atoms with Crippen LogP contribution in [0.5, 0.6) is 0 Å². The summed E-state index contributed by atoms with van der Waals surface area (Å²) in [4.78, 5) is 6.17. The lowest BCUT2D eigenvalue weighted by atomic mass is 10.2. The van der Waals surface area contributed by atoms with Crippen molar-refractivity contribution in [3.8, 4) is 0 Å². The summed E-state index contributed by atoms with van der Waals surface area (Å²) in [6, 6.07) is 6.65. The molecule has 1 heterocycles. The Morgan fingerprint density at radius 3 is 2.77 bits per heavy atom. The van der Waals surface area contributed by atoms with E-state index in [2.05, 4.69) is 4.98 Å². The maximum Gasteiger partial charge on any atom is 0.297 e. The van der Waals surface area contributed by atoms with E-state index in [9.17, 15) is 0 Å². The van der Waals surface area contributed by atoms with E-state index >= 15 is 0 Å². The first-order valence-electron chi connectivity index (χ1n) is 4.21. The Morgan fingerprint density at radius 2 is 2.08 bits per heavy atom. The molecule has 3 nitrogen and oxygen atoms in total. The van der Waals surface area contributed by atoms with E-state index in [1.54, 1.807) is 0 Å². The minimum Gasteiger partial charge on any atom is -0.423 e. The van der Waals surface area contributed by atoms with Crippen LogP contribution in [0.1, 0.15) is 5.56 Å². The smallest absolute Gasteiger partial charge is 0.297 e. The number of hydrogen-bond donors (Lipinski definition) is 0. The first-order valence-corrected chi connectivity index (χ1v) is 4.21. The molecule has 0 N–H and O–H groups in total. The average Bonchev–Trinajstić information content (AvgIpc) is 2.46. The molecule has 0 unspecified atom stereocenters. The summed E-state index contributed by atoms with van der Waals surface area (Å²) in [6.07, 6.45) is 0. The van der Waals surface area contributed by atoms with Crippen molar-refractivity contribution in [3.05, 3.63) is 23.8 Å². The molecule has 0 aliphatic carbocycles. The molecule has 2 rings (SSSR count). The number of benzene rings is 1. The zero-order chi connectivity index (χ0) is 9.42. The van der Waals surface area contributed by atoms with Gasteiger partial charge in [-0.1, -0.05) is 6.07 Å². The second kappa shape index (κ2) is 2.76. The van der Waals surface area contributed by atoms with E-state index < -0.39 is 0 Å². The highest BCUT2D eigenvalue weighted by atomic mass is 16.4. The van der Waals surface area contributed by atoms with Gasteiger partial charge in [-0.3, -0.25) is 0 Å². The number of nitrogens with zero attached hydrogens (tertiary/aromatic N) is 2. The normalized spacial score (nSPS) is 10.7. The van der Waals surface area contributed by atoms with E-state index in [1.807, 2.05) is 44.1 Å². The van der Waals surface area contributed by atoms with E-state index in [4.69, 9.17) is 4.42 Å². The fourth-order valence-electron chi connectivity index (χ4n) is 1.21. The number of anilines is 1. The van der Waals surface area contributed by atoms with E-state index in [-0.39, 0.29) is 0 Å². The fraction of sp³-hybridized carbons (Fsp3) is 0.300. The molecule has 0 bridgehead atoms. The highest BCUT2D eigenvalue weighted by molar-refractivity contribution is 5.75. The van der Waals surface area contributed by atoms with Gasteiger partial charge in [0, 0.05) is 14.1 Å². The molecule has 0 spiro atoms. The molecule has 68 valence electrons. The number of rotatable bonds is 1. The van der Waals surface area contributed by atoms with Crippen molar-refractivity contribution < 1.29 is 4.42 Å².